The summed E-state index contributed by atoms with van der Waals surface area (Å²) in [5, 5.41) is 12.1. The molecule has 2 rings (SSSR count). The summed E-state index contributed by atoms with van der Waals surface area (Å²) < 4.78 is 0. The number of aryl methyl sites for hydroxylation is 2. The van der Waals surface area contributed by atoms with E-state index in [-0.39, 0.29) is 0 Å². The van der Waals surface area contributed by atoms with Gasteiger partial charge in [-0.1, -0.05) is 29.8 Å². The molecule has 0 N–H and O–H groups in total. The fourth-order valence-electron chi connectivity index (χ4n) is 1.21. The largest absolute Gasteiger partial charge is 0.164 e. The van der Waals surface area contributed by atoms with Gasteiger partial charge in [-0.05, 0) is 23.3 Å². The molecule has 5 heteroatoms. The van der Waals surface area contributed by atoms with E-state index in [1.165, 1.54) is 6.33 Å². The molecule has 0 atom stereocenters. The molecule has 14 heavy (non-hydrogen) atoms. The van der Waals surface area contributed by atoms with Crippen molar-refractivity contribution in [2.75, 3.05) is 0 Å². The predicted octanol–water partition coefficient (Wildman–Crippen LogP) is 1.57. The zero-order valence-electron chi connectivity index (χ0n) is 7.47. The molecular weight excluding hydrogens is 200 g/mol. The van der Waals surface area contributed by atoms with E-state index in [0.717, 1.165) is 17.0 Å². The maximum atomic E-state index is 6.00. The minimum atomic E-state index is 0.698. The first kappa shape index (κ1) is 9.15. The predicted molar refractivity (Wildman–Crippen MR) is 53.0 cm³/mol. The maximum absolute atomic E-state index is 6.00. The molecule has 0 aliphatic carbocycles. The van der Waals surface area contributed by atoms with Crippen molar-refractivity contribution in [2.45, 2.75) is 13.0 Å². The number of hydrogen-bond donors (Lipinski definition) is 0. The molecule has 0 amide bonds. The van der Waals surface area contributed by atoms with E-state index in [1.807, 2.05) is 24.3 Å². The van der Waals surface area contributed by atoms with Crippen LogP contribution in [-0.2, 0) is 13.0 Å². The Balaban J connectivity index is 2.02. The summed E-state index contributed by atoms with van der Waals surface area (Å²) in [5.74, 6) is 0. The third-order valence-electron chi connectivity index (χ3n) is 1.93. The molecule has 2 aromatic rings. The third kappa shape index (κ3) is 2.09. The van der Waals surface area contributed by atoms with Gasteiger partial charge in [-0.2, -0.15) is 4.80 Å². The zero-order valence-corrected chi connectivity index (χ0v) is 8.22. The van der Waals surface area contributed by atoms with E-state index in [0.29, 0.717) is 6.54 Å². The summed E-state index contributed by atoms with van der Waals surface area (Å²) in [4.78, 5) is 1.54. The van der Waals surface area contributed by atoms with Crippen molar-refractivity contribution in [1.82, 2.24) is 20.2 Å². The summed E-state index contributed by atoms with van der Waals surface area (Å²) in [5.41, 5.74) is 1.10. The molecule has 1 heterocycles. The van der Waals surface area contributed by atoms with Crippen molar-refractivity contribution in [2.24, 2.45) is 0 Å². The Labute approximate surface area is 86.5 Å². The Hall–Kier alpha value is -1.42. The molecule has 0 spiro atoms. The highest BCUT2D eigenvalue weighted by Gasteiger charge is 1.99. The molecule has 0 saturated heterocycles. The van der Waals surface area contributed by atoms with Gasteiger partial charge in [-0.15, -0.1) is 10.2 Å². The van der Waals surface area contributed by atoms with E-state index in [2.05, 4.69) is 15.4 Å². The highest BCUT2D eigenvalue weighted by molar-refractivity contribution is 6.31. The second-order valence-electron chi connectivity index (χ2n) is 2.87. The molecular formula is C9H9ClN4. The molecule has 0 fully saturated rings. The third-order valence-corrected chi connectivity index (χ3v) is 2.30. The van der Waals surface area contributed by atoms with Gasteiger partial charge >= 0.3 is 0 Å². The fourth-order valence-corrected chi connectivity index (χ4v) is 1.44. The van der Waals surface area contributed by atoms with Crippen LogP contribution in [-0.4, -0.2) is 20.2 Å². The molecule has 1 aromatic heterocycles. The highest BCUT2D eigenvalue weighted by Crippen LogP contribution is 2.15. The number of rotatable bonds is 3. The van der Waals surface area contributed by atoms with Crippen molar-refractivity contribution >= 4 is 11.6 Å². The van der Waals surface area contributed by atoms with Crippen molar-refractivity contribution in [3.63, 3.8) is 0 Å². The van der Waals surface area contributed by atoms with Gasteiger partial charge in [0.1, 0.15) is 0 Å². The zero-order chi connectivity index (χ0) is 9.80. The number of halogens is 1. The van der Waals surface area contributed by atoms with Gasteiger partial charge in [0, 0.05) is 5.02 Å². The second kappa shape index (κ2) is 4.19. The molecule has 0 saturated carbocycles. The molecule has 72 valence electrons. The van der Waals surface area contributed by atoms with Crippen molar-refractivity contribution in [3.05, 3.63) is 41.2 Å². The average molecular weight is 209 g/mol. The minimum absolute atomic E-state index is 0.698. The summed E-state index contributed by atoms with van der Waals surface area (Å²) in [6.07, 6.45) is 2.24. The Morgan fingerprint density at radius 2 is 2.14 bits per heavy atom. The molecule has 4 nitrogen and oxygen atoms in total. The van der Waals surface area contributed by atoms with Crippen LogP contribution in [0.15, 0.2) is 30.6 Å². The van der Waals surface area contributed by atoms with Gasteiger partial charge in [0.2, 0.25) is 0 Å². The Morgan fingerprint density at radius 3 is 2.86 bits per heavy atom. The summed E-state index contributed by atoms with van der Waals surface area (Å²) >= 11 is 6.00. The Bertz CT molecular complexity index is 399. The van der Waals surface area contributed by atoms with Crippen LogP contribution in [0.4, 0.5) is 0 Å². The van der Waals surface area contributed by atoms with Crippen LogP contribution in [0.5, 0.6) is 0 Å². The van der Waals surface area contributed by atoms with Crippen LogP contribution in [0.3, 0.4) is 0 Å². The van der Waals surface area contributed by atoms with Crippen LogP contribution in [0.1, 0.15) is 5.56 Å². The highest BCUT2D eigenvalue weighted by atomic mass is 35.5. The van der Waals surface area contributed by atoms with Gasteiger partial charge in [-0.25, -0.2) is 0 Å². The van der Waals surface area contributed by atoms with E-state index in [1.54, 1.807) is 4.80 Å². The topological polar surface area (TPSA) is 43.6 Å². The van der Waals surface area contributed by atoms with E-state index < -0.39 is 0 Å². The summed E-state index contributed by atoms with van der Waals surface area (Å²) in [7, 11) is 0. The van der Waals surface area contributed by atoms with Crippen molar-refractivity contribution in [3.8, 4) is 0 Å². The first-order valence-corrected chi connectivity index (χ1v) is 4.68. The smallest absolute Gasteiger partial charge is 0.162 e. The lowest BCUT2D eigenvalue weighted by Gasteiger charge is -2.02. The van der Waals surface area contributed by atoms with Crippen LogP contribution in [0.25, 0.3) is 0 Å². The first-order chi connectivity index (χ1) is 6.86. The molecule has 0 bridgehead atoms. The van der Waals surface area contributed by atoms with Gasteiger partial charge in [0.25, 0.3) is 0 Å². The number of tetrazole rings is 1. The van der Waals surface area contributed by atoms with Crippen LogP contribution < -0.4 is 0 Å². The number of hydrogen-bond acceptors (Lipinski definition) is 3. The van der Waals surface area contributed by atoms with E-state index >= 15 is 0 Å². The first-order valence-electron chi connectivity index (χ1n) is 4.30. The van der Waals surface area contributed by atoms with Crippen LogP contribution in [0, 0.1) is 0 Å². The summed E-state index contributed by atoms with van der Waals surface area (Å²) in [6.45, 7) is 0.698. The Kier molecular flexibility index (Phi) is 2.74. The van der Waals surface area contributed by atoms with Gasteiger partial charge < -0.3 is 0 Å². The van der Waals surface area contributed by atoms with Gasteiger partial charge in [-0.3, -0.25) is 0 Å². The quantitative estimate of drug-likeness (QED) is 0.769. The number of aromatic nitrogens is 4. The molecule has 0 unspecified atom stereocenters. The van der Waals surface area contributed by atoms with Crippen molar-refractivity contribution < 1.29 is 0 Å². The molecule has 0 radical (unpaired) electrons. The Morgan fingerprint density at radius 1 is 1.29 bits per heavy atom. The monoisotopic (exact) mass is 208 g/mol. The van der Waals surface area contributed by atoms with E-state index in [9.17, 15) is 0 Å². The van der Waals surface area contributed by atoms with Crippen molar-refractivity contribution in [1.29, 1.82) is 0 Å². The lowest BCUT2D eigenvalue weighted by Crippen LogP contribution is -2.05. The number of benzene rings is 1. The van der Waals surface area contributed by atoms with Crippen LogP contribution >= 0.6 is 11.6 Å². The standard InChI is InChI=1S/C9H9ClN4/c10-9-4-2-1-3-8(9)5-6-14-12-7-11-13-14/h1-4,7H,5-6H2. The molecule has 1 aromatic carbocycles. The normalized spacial score (nSPS) is 10.4. The number of nitrogens with zero attached hydrogens (tertiary/aromatic N) is 4. The average Bonchev–Trinajstić information content (AvgIpc) is 2.69. The van der Waals surface area contributed by atoms with Gasteiger partial charge in [0.05, 0.1) is 6.54 Å². The SMILES string of the molecule is Clc1ccccc1CCn1ncnn1. The molecule has 0 aliphatic rings. The second-order valence-corrected chi connectivity index (χ2v) is 3.28. The fraction of sp³-hybridized carbons (Fsp3) is 0.222. The minimum Gasteiger partial charge on any atom is -0.164 e. The van der Waals surface area contributed by atoms with Crippen LogP contribution in [0.2, 0.25) is 5.02 Å². The summed E-state index contributed by atoms with van der Waals surface area (Å²) in [6, 6.07) is 7.76. The lowest BCUT2D eigenvalue weighted by atomic mass is 10.1. The van der Waals surface area contributed by atoms with Gasteiger partial charge in [0.15, 0.2) is 6.33 Å². The lowest BCUT2D eigenvalue weighted by molar-refractivity contribution is 0.522. The van der Waals surface area contributed by atoms with E-state index in [4.69, 9.17) is 11.6 Å². The molecule has 0 aliphatic heterocycles. The maximum Gasteiger partial charge on any atom is 0.162 e.